The molecule has 1 N–H and O–H groups in total. The van der Waals surface area contributed by atoms with Crippen LogP contribution in [0.3, 0.4) is 0 Å². The van der Waals surface area contributed by atoms with Crippen molar-refractivity contribution < 1.29 is 18.3 Å². The molecule has 0 spiro atoms. The van der Waals surface area contributed by atoms with Gasteiger partial charge in [0.15, 0.2) is 5.69 Å². The second kappa shape index (κ2) is 5.52. The number of alkyl halides is 3. The van der Waals surface area contributed by atoms with Gasteiger partial charge in [0.2, 0.25) is 0 Å². The lowest BCUT2D eigenvalue weighted by Crippen LogP contribution is -2.05. The largest absolute Gasteiger partial charge is 0.434 e. The van der Waals surface area contributed by atoms with E-state index >= 15 is 0 Å². The first-order valence-corrected chi connectivity index (χ1v) is 6.64. The van der Waals surface area contributed by atoms with Gasteiger partial charge in [0, 0.05) is 17.8 Å². The number of hydrogen-bond donors (Lipinski definition) is 1. The summed E-state index contributed by atoms with van der Waals surface area (Å²) in [4.78, 5) is 3.72. The highest BCUT2D eigenvalue weighted by Crippen LogP contribution is 2.32. The topological polar surface area (TPSA) is 38.1 Å². The lowest BCUT2D eigenvalue weighted by atomic mass is 10.1. The maximum atomic E-state index is 12.8. The molecule has 2 aromatic rings. The van der Waals surface area contributed by atoms with E-state index in [1.807, 2.05) is 0 Å². The summed E-state index contributed by atoms with van der Waals surface area (Å²) in [5, 5.41) is 9.47. The molecule has 1 aromatic carbocycles. The smallest absolute Gasteiger partial charge is 0.389 e. The lowest BCUT2D eigenvalue weighted by molar-refractivity contribution is -0.140. The Labute approximate surface area is 121 Å². The standard InChI is InChI=1S/C15H17F3N2O/c1-9(2)20-8-13(15(16,17)18)19-14(20)12-6-4-11(5-7-12)10(3)21/h4-10,21H,1-3H3. The highest BCUT2D eigenvalue weighted by molar-refractivity contribution is 5.57. The molecular formula is C15H17F3N2O. The third-order valence-electron chi connectivity index (χ3n) is 3.23. The van der Waals surface area contributed by atoms with Crippen LogP contribution in [-0.2, 0) is 6.18 Å². The van der Waals surface area contributed by atoms with Crippen LogP contribution >= 0.6 is 0 Å². The van der Waals surface area contributed by atoms with Gasteiger partial charge in [-0.25, -0.2) is 4.98 Å². The fraction of sp³-hybridized carbons (Fsp3) is 0.400. The summed E-state index contributed by atoms with van der Waals surface area (Å²) < 4.78 is 40.0. The second-order valence-electron chi connectivity index (χ2n) is 5.25. The first-order chi connectivity index (χ1) is 9.70. The number of halogens is 3. The summed E-state index contributed by atoms with van der Waals surface area (Å²) in [7, 11) is 0. The number of hydrogen-bond acceptors (Lipinski definition) is 2. The van der Waals surface area contributed by atoms with Crippen LogP contribution in [0.5, 0.6) is 0 Å². The SMILES string of the molecule is CC(O)c1ccc(-c2nc(C(F)(F)F)cn2C(C)C)cc1. The molecule has 6 heteroatoms. The molecule has 0 aliphatic rings. The zero-order valence-electron chi connectivity index (χ0n) is 12.0. The molecule has 21 heavy (non-hydrogen) atoms. The molecule has 114 valence electrons. The Morgan fingerprint density at radius 2 is 1.67 bits per heavy atom. The second-order valence-corrected chi connectivity index (χ2v) is 5.25. The van der Waals surface area contributed by atoms with Gasteiger partial charge < -0.3 is 9.67 Å². The van der Waals surface area contributed by atoms with Crippen LogP contribution in [0, 0.1) is 0 Å². The highest BCUT2D eigenvalue weighted by atomic mass is 19.4. The zero-order chi connectivity index (χ0) is 15.8. The molecule has 0 saturated carbocycles. The van der Waals surface area contributed by atoms with Crippen molar-refractivity contribution in [2.24, 2.45) is 0 Å². The molecule has 1 atom stereocenters. The van der Waals surface area contributed by atoms with Crippen molar-refractivity contribution in [2.75, 3.05) is 0 Å². The van der Waals surface area contributed by atoms with E-state index in [9.17, 15) is 18.3 Å². The predicted octanol–water partition coefficient (Wildman–Crippen LogP) is 4.20. The van der Waals surface area contributed by atoms with Crippen molar-refractivity contribution in [2.45, 2.75) is 39.1 Å². The minimum atomic E-state index is -4.46. The van der Waals surface area contributed by atoms with Gasteiger partial charge in [0.1, 0.15) is 5.82 Å². The minimum Gasteiger partial charge on any atom is -0.389 e. The maximum Gasteiger partial charge on any atom is 0.434 e. The van der Waals surface area contributed by atoms with E-state index in [2.05, 4.69) is 4.98 Å². The van der Waals surface area contributed by atoms with E-state index in [0.29, 0.717) is 11.1 Å². The van der Waals surface area contributed by atoms with Crippen LogP contribution in [0.15, 0.2) is 30.5 Å². The van der Waals surface area contributed by atoms with Gasteiger partial charge in [0.05, 0.1) is 6.10 Å². The average Bonchev–Trinajstić information content (AvgIpc) is 2.83. The molecule has 1 heterocycles. The molecule has 0 aliphatic heterocycles. The van der Waals surface area contributed by atoms with Crippen molar-refractivity contribution in [3.8, 4) is 11.4 Å². The monoisotopic (exact) mass is 298 g/mol. The summed E-state index contributed by atoms with van der Waals surface area (Å²) in [6.45, 7) is 5.23. The molecule has 1 unspecified atom stereocenters. The van der Waals surface area contributed by atoms with Crippen molar-refractivity contribution in [3.05, 3.63) is 41.7 Å². The van der Waals surface area contributed by atoms with Crippen LogP contribution in [0.1, 0.15) is 44.2 Å². The third kappa shape index (κ3) is 3.26. The number of imidazole rings is 1. The Hall–Kier alpha value is -1.82. The average molecular weight is 298 g/mol. The number of aliphatic hydroxyl groups excluding tert-OH is 1. The Morgan fingerprint density at radius 1 is 1.10 bits per heavy atom. The summed E-state index contributed by atoms with van der Waals surface area (Å²) >= 11 is 0. The van der Waals surface area contributed by atoms with E-state index in [4.69, 9.17) is 0 Å². The fourth-order valence-electron chi connectivity index (χ4n) is 2.05. The normalized spacial score (nSPS) is 13.7. The summed E-state index contributed by atoms with van der Waals surface area (Å²) in [6, 6.07) is 6.58. The van der Waals surface area contributed by atoms with E-state index < -0.39 is 18.0 Å². The van der Waals surface area contributed by atoms with E-state index in [0.717, 1.165) is 6.20 Å². The predicted molar refractivity (Wildman–Crippen MR) is 73.7 cm³/mol. The van der Waals surface area contributed by atoms with Crippen molar-refractivity contribution in [1.29, 1.82) is 0 Å². The zero-order valence-corrected chi connectivity index (χ0v) is 12.0. The van der Waals surface area contributed by atoms with Crippen LogP contribution in [0.25, 0.3) is 11.4 Å². The van der Waals surface area contributed by atoms with E-state index in [1.165, 1.54) is 4.57 Å². The van der Waals surface area contributed by atoms with Crippen LogP contribution in [-0.4, -0.2) is 14.7 Å². The summed E-state index contributed by atoms with van der Waals surface area (Å²) in [5.74, 6) is 0.273. The maximum absolute atomic E-state index is 12.8. The molecule has 1 aromatic heterocycles. The number of rotatable bonds is 3. The van der Waals surface area contributed by atoms with Gasteiger partial charge in [-0.1, -0.05) is 24.3 Å². The first kappa shape index (κ1) is 15.6. The number of aromatic nitrogens is 2. The lowest BCUT2D eigenvalue weighted by Gasteiger charge is -2.12. The molecule has 0 amide bonds. The van der Waals surface area contributed by atoms with E-state index in [-0.39, 0.29) is 11.9 Å². The Morgan fingerprint density at radius 3 is 2.10 bits per heavy atom. The molecule has 2 rings (SSSR count). The molecule has 0 saturated heterocycles. The van der Waals surface area contributed by atoms with Gasteiger partial charge in [-0.05, 0) is 26.3 Å². The van der Waals surface area contributed by atoms with Crippen molar-refractivity contribution >= 4 is 0 Å². The quantitative estimate of drug-likeness (QED) is 0.922. The summed E-state index contributed by atoms with van der Waals surface area (Å²) in [6.07, 6.45) is -4.05. The van der Waals surface area contributed by atoms with Gasteiger partial charge >= 0.3 is 6.18 Å². The molecule has 0 bridgehead atoms. The first-order valence-electron chi connectivity index (χ1n) is 6.64. The number of aliphatic hydroxyl groups is 1. The Kier molecular flexibility index (Phi) is 4.09. The third-order valence-corrected chi connectivity index (χ3v) is 3.23. The van der Waals surface area contributed by atoms with Crippen LogP contribution in [0.2, 0.25) is 0 Å². The highest BCUT2D eigenvalue weighted by Gasteiger charge is 2.35. The summed E-state index contributed by atoms with van der Waals surface area (Å²) in [5.41, 5.74) is 0.395. The molecular weight excluding hydrogens is 281 g/mol. The van der Waals surface area contributed by atoms with Crippen LogP contribution in [0.4, 0.5) is 13.2 Å². The molecule has 0 fully saturated rings. The van der Waals surface area contributed by atoms with Gasteiger partial charge in [-0.15, -0.1) is 0 Å². The van der Waals surface area contributed by atoms with E-state index in [1.54, 1.807) is 45.0 Å². The number of benzene rings is 1. The fourth-order valence-corrected chi connectivity index (χ4v) is 2.05. The van der Waals surface area contributed by atoms with Gasteiger partial charge in [-0.2, -0.15) is 13.2 Å². The molecule has 3 nitrogen and oxygen atoms in total. The number of nitrogens with zero attached hydrogens (tertiary/aromatic N) is 2. The van der Waals surface area contributed by atoms with Crippen LogP contribution < -0.4 is 0 Å². The minimum absolute atomic E-state index is 0.139. The molecule has 0 radical (unpaired) electrons. The van der Waals surface area contributed by atoms with Gasteiger partial charge in [-0.3, -0.25) is 0 Å². The Balaban J connectivity index is 2.49. The van der Waals surface area contributed by atoms with Crippen molar-refractivity contribution in [3.63, 3.8) is 0 Å². The Bertz CT molecular complexity index is 613. The van der Waals surface area contributed by atoms with Gasteiger partial charge in [0.25, 0.3) is 0 Å². The molecule has 0 aliphatic carbocycles. The van der Waals surface area contributed by atoms with Crippen molar-refractivity contribution in [1.82, 2.24) is 9.55 Å².